The second kappa shape index (κ2) is 5.62. The molecular formula is C12H12N4O2. The Hall–Kier alpha value is -2.63. The van der Waals surface area contributed by atoms with Crippen LogP contribution in [0.4, 0.5) is 4.79 Å². The summed E-state index contributed by atoms with van der Waals surface area (Å²) in [6.07, 6.45) is 2.51. The number of imidazole rings is 1. The lowest BCUT2D eigenvalue weighted by atomic mass is 10.1. The van der Waals surface area contributed by atoms with E-state index in [1.165, 1.54) is 6.21 Å². The van der Waals surface area contributed by atoms with E-state index in [1.54, 1.807) is 6.20 Å². The van der Waals surface area contributed by atoms with Gasteiger partial charge in [0, 0.05) is 12.6 Å². The summed E-state index contributed by atoms with van der Waals surface area (Å²) in [7, 11) is 0. The molecule has 0 spiro atoms. The molecule has 0 saturated carbocycles. The van der Waals surface area contributed by atoms with Gasteiger partial charge in [-0.1, -0.05) is 30.3 Å². The number of carbonyl (C=O) groups is 1. The van der Waals surface area contributed by atoms with Crippen LogP contribution in [0, 0.1) is 0 Å². The van der Waals surface area contributed by atoms with Crippen molar-refractivity contribution in [3.63, 3.8) is 0 Å². The third-order valence-electron chi connectivity index (χ3n) is 2.22. The average molecular weight is 244 g/mol. The van der Waals surface area contributed by atoms with E-state index in [2.05, 4.69) is 15.1 Å². The quantitative estimate of drug-likeness (QED) is 0.563. The van der Waals surface area contributed by atoms with Gasteiger partial charge in [0.05, 0.1) is 6.21 Å². The van der Waals surface area contributed by atoms with Gasteiger partial charge < -0.3 is 10.1 Å². The molecule has 1 aromatic carbocycles. The Balaban J connectivity index is 1.98. The van der Waals surface area contributed by atoms with Crippen LogP contribution in [0.2, 0.25) is 0 Å². The van der Waals surface area contributed by atoms with Gasteiger partial charge in [-0.2, -0.15) is 5.10 Å². The maximum atomic E-state index is 10.2. The smallest absolute Gasteiger partial charge is 0.425 e. The molecule has 2 rings (SSSR count). The number of nitrogens with zero attached hydrogens (tertiary/aromatic N) is 2. The van der Waals surface area contributed by atoms with Crippen molar-refractivity contribution >= 4 is 12.3 Å². The summed E-state index contributed by atoms with van der Waals surface area (Å²) in [4.78, 5) is 17.5. The van der Waals surface area contributed by atoms with E-state index in [0.29, 0.717) is 12.1 Å². The van der Waals surface area contributed by atoms with E-state index < -0.39 is 6.09 Å². The molecule has 92 valence electrons. The number of carboxylic acid groups (broad SMARTS) is 1. The van der Waals surface area contributed by atoms with Crippen LogP contribution in [0.15, 0.2) is 41.6 Å². The number of nitrogens with one attached hydrogen (secondary N) is 2. The Labute approximate surface area is 103 Å². The van der Waals surface area contributed by atoms with Crippen molar-refractivity contribution in [1.29, 1.82) is 0 Å². The lowest BCUT2D eigenvalue weighted by Crippen LogP contribution is -2.13. The first-order valence-electron chi connectivity index (χ1n) is 5.34. The summed E-state index contributed by atoms with van der Waals surface area (Å²) < 4.78 is 0. The van der Waals surface area contributed by atoms with Crippen molar-refractivity contribution in [2.45, 2.75) is 6.42 Å². The number of hydrazone groups is 1. The fourth-order valence-electron chi connectivity index (χ4n) is 1.48. The summed E-state index contributed by atoms with van der Waals surface area (Å²) in [5.74, 6) is 0.804. The fraction of sp³-hybridized carbons (Fsp3) is 0.0833. The maximum absolute atomic E-state index is 10.2. The Morgan fingerprint density at radius 3 is 2.94 bits per heavy atom. The van der Waals surface area contributed by atoms with Gasteiger partial charge in [-0.25, -0.2) is 15.2 Å². The van der Waals surface area contributed by atoms with Crippen LogP contribution in [-0.2, 0) is 6.42 Å². The number of rotatable bonds is 4. The van der Waals surface area contributed by atoms with Crippen molar-refractivity contribution in [3.05, 3.63) is 53.6 Å². The highest BCUT2D eigenvalue weighted by molar-refractivity contribution is 5.78. The zero-order chi connectivity index (χ0) is 12.8. The molecular weight excluding hydrogens is 232 g/mol. The van der Waals surface area contributed by atoms with E-state index in [1.807, 2.05) is 35.8 Å². The zero-order valence-corrected chi connectivity index (χ0v) is 9.50. The van der Waals surface area contributed by atoms with Crippen LogP contribution < -0.4 is 5.43 Å². The van der Waals surface area contributed by atoms with Gasteiger partial charge in [-0.05, 0) is 5.56 Å². The number of hydrogen-bond acceptors (Lipinski definition) is 3. The molecule has 0 bridgehead atoms. The van der Waals surface area contributed by atoms with Crippen LogP contribution in [0.3, 0.4) is 0 Å². The summed E-state index contributed by atoms with van der Waals surface area (Å²) >= 11 is 0. The molecule has 6 nitrogen and oxygen atoms in total. The van der Waals surface area contributed by atoms with Gasteiger partial charge in [0.1, 0.15) is 11.5 Å². The van der Waals surface area contributed by atoms with Crippen molar-refractivity contribution in [2.75, 3.05) is 0 Å². The predicted molar refractivity (Wildman–Crippen MR) is 66.6 cm³/mol. The number of aromatic nitrogens is 2. The number of H-pyrrole nitrogens is 1. The third-order valence-corrected chi connectivity index (χ3v) is 2.22. The molecule has 0 aliphatic carbocycles. The first kappa shape index (κ1) is 11.8. The predicted octanol–water partition coefficient (Wildman–Crippen LogP) is 1.60. The Kier molecular flexibility index (Phi) is 3.70. The SMILES string of the molecule is O=C(O)N/N=C\c1c[nH]c(Cc2ccccc2)n1. The van der Waals surface area contributed by atoms with E-state index in [0.717, 1.165) is 11.4 Å². The Morgan fingerprint density at radius 2 is 2.22 bits per heavy atom. The van der Waals surface area contributed by atoms with Gasteiger partial charge in [0.25, 0.3) is 0 Å². The Bertz CT molecular complexity index is 548. The molecule has 2 aromatic rings. The van der Waals surface area contributed by atoms with Gasteiger partial charge >= 0.3 is 6.09 Å². The average Bonchev–Trinajstić information content (AvgIpc) is 2.78. The summed E-state index contributed by atoms with van der Waals surface area (Å²) in [6, 6.07) is 9.93. The Morgan fingerprint density at radius 1 is 1.44 bits per heavy atom. The molecule has 0 saturated heterocycles. The molecule has 18 heavy (non-hydrogen) atoms. The number of hydrogen-bond donors (Lipinski definition) is 3. The zero-order valence-electron chi connectivity index (χ0n) is 9.50. The molecule has 3 N–H and O–H groups in total. The minimum Gasteiger partial charge on any atom is -0.464 e. The minimum absolute atomic E-state index is 0.578. The molecule has 0 fully saturated rings. The number of amides is 1. The van der Waals surface area contributed by atoms with Crippen LogP contribution in [-0.4, -0.2) is 27.4 Å². The highest BCUT2D eigenvalue weighted by atomic mass is 16.4. The second-order valence-corrected chi connectivity index (χ2v) is 3.61. The monoisotopic (exact) mass is 244 g/mol. The van der Waals surface area contributed by atoms with Crippen molar-refractivity contribution < 1.29 is 9.90 Å². The minimum atomic E-state index is -1.20. The van der Waals surface area contributed by atoms with Gasteiger partial charge in [-0.15, -0.1) is 0 Å². The molecule has 0 unspecified atom stereocenters. The van der Waals surface area contributed by atoms with Crippen molar-refractivity contribution in [3.8, 4) is 0 Å². The first-order chi connectivity index (χ1) is 8.74. The highest BCUT2D eigenvalue weighted by Crippen LogP contribution is 2.05. The fourth-order valence-corrected chi connectivity index (χ4v) is 1.48. The van der Waals surface area contributed by atoms with Crippen LogP contribution in [0.5, 0.6) is 0 Å². The van der Waals surface area contributed by atoms with E-state index in [4.69, 9.17) is 5.11 Å². The first-order valence-corrected chi connectivity index (χ1v) is 5.34. The molecule has 1 heterocycles. The highest BCUT2D eigenvalue weighted by Gasteiger charge is 2.00. The topological polar surface area (TPSA) is 90.4 Å². The van der Waals surface area contributed by atoms with Gasteiger partial charge in [0.15, 0.2) is 0 Å². The molecule has 0 radical (unpaired) electrons. The lowest BCUT2D eigenvalue weighted by Gasteiger charge is -1.96. The summed E-state index contributed by atoms with van der Waals surface area (Å²) in [5.41, 5.74) is 3.62. The van der Waals surface area contributed by atoms with Gasteiger partial charge in [0.2, 0.25) is 0 Å². The normalized spacial score (nSPS) is 10.7. The van der Waals surface area contributed by atoms with Crippen molar-refractivity contribution in [2.24, 2.45) is 5.10 Å². The van der Waals surface area contributed by atoms with Gasteiger partial charge in [-0.3, -0.25) is 0 Å². The molecule has 1 aromatic heterocycles. The van der Waals surface area contributed by atoms with E-state index in [-0.39, 0.29) is 0 Å². The van der Waals surface area contributed by atoms with Crippen LogP contribution in [0.25, 0.3) is 0 Å². The van der Waals surface area contributed by atoms with Crippen LogP contribution in [0.1, 0.15) is 17.1 Å². The molecule has 1 amide bonds. The number of aromatic amines is 1. The second-order valence-electron chi connectivity index (χ2n) is 3.61. The summed E-state index contributed by atoms with van der Waals surface area (Å²) in [5, 5.41) is 11.8. The number of benzene rings is 1. The molecule has 0 atom stereocenters. The molecule has 6 heteroatoms. The summed E-state index contributed by atoms with van der Waals surface area (Å²) in [6.45, 7) is 0. The maximum Gasteiger partial charge on any atom is 0.425 e. The lowest BCUT2D eigenvalue weighted by molar-refractivity contribution is 0.195. The molecule has 0 aliphatic rings. The standard InChI is InChI=1S/C12H12N4O2/c17-12(18)16-14-8-10-7-13-11(15-10)6-9-4-2-1-3-5-9/h1-5,7-8,16H,6H2,(H,13,15)(H,17,18)/b14-8-. The van der Waals surface area contributed by atoms with Crippen molar-refractivity contribution in [1.82, 2.24) is 15.4 Å². The largest absolute Gasteiger partial charge is 0.464 e. The van der Waals surface area contributed by atoms with E-state index in [9.17, 15) is 4.79 Å². The van der Waals surface area contributed by atoms with E-state index >= 15 is 0 Å². The third kappa shape index (κ3) is 3.44. The van der Waals surface area contributed by atoms with Crippen LogP contribution >= 0.6 is 0 Å². The molecule has 0 aliphatic heterocycles.